The smallest absolute Gasteiger partial charge is 0.407 e. The molecule has 0 bridgehead atoms. The molecule has 2 atom stereocenters. The van der Waals surface area contributed by atoms with Crippen LogP contribution >= 0.6 is 0 Å². The third kappa shape index (κ3) is 8.79. The average Bonchev–Trinajstić information content (AvgIpc) is 2.90. The molecular weight excluding hydrogens is 294 g/mol. The summed E-state index contributed by atoms with van der Waals surface area (Å²) in [5.74, 6) is 0.654. The van der Waals surface area contributed by atoms with E-state index in [1.165, 1.54) is 0 Å². The van der Waals surface area contributed by atoms with Crippen molar-refractivity contribution >= 4 is 12.0 Å². The number of ether oxygens (including phenoxy) is 1. The first-order valence-corrected chi connectivity index (χ1v) is 8.78. The van der Waals surface area contributed by atoms with Crippen molar-refractivity contribution in [2.24, 2.45) is 5.92 Å². The van der Waals surface area contributed by atoms with Crippen LogP contribution in [0, 0.1) is 5.92 Å². The number of carbonyl (C=O) groups is 2. The Morgan fingerprint density at radius 2 is 1.96 bits per heavy atom. The number of hydrogen-bond donors (Lipinski definition) is 3. The molecule has 23 heavy (non-hydrogen) atoms. The Bertz CT molecular complexity index is 380. The minimum atomic E-state index is -0.477. The molecule has 0 spiro atoms. The zero-order chi connectivity index (χ0) is 17.3. The van der Waals surface area contributed by atoms with E-state index < -0.39 is 11.7 Å². The molecule has 0 saturated carbocycles. The van der Waals surface area contributed by atoms with Crippen molar-refractivity contribution in [2.45, 2.75) is 71.4 Å². The second-order valence-electron chi connectivity index (χ2n) is 7.21. The summed E-state index contributed by atoms with van der Waals surface area (Å²) in [7, 11) is 0. The molecule has 3 N–H and O–H groups in total. The third-order valence-corrected chi connectivity index (χ3v) is 3.99. The highest BCUT2D eigenvalue weighted by atomic mass is 16.6. The lowest BCUT2D eigenvalue weighted by Crippen LogP contribution is -2.35. The second-order valence-corrected chi connectivity index (χ2v) is 7.21. The van der Waals surface area contributed by atoms with Gasteiger partial charge in [0.05, 0.1) is 0 Å². The van der Waals surface area contributed by atoms with Gasteiger partial charge in [0.1, 0.15) is 5.60 Å². The van der Waals surface area contributed by atoms with Crippen LogP contribution in [-0.2, 0) is 9.53 Å². The minimum absolute atomic E-state index is 0.101. The number of alkyl carbamates (subject to hydrolysis) is 1. The summed E-state index contributed by atoms with van der Waals surface area (Å²) >= 11 is 0. The minimum Gasteiger partial charge on any atom is -0.444 e. The molecule has 0 radical (unpaired) electrons. The Hall–Kier alpha value is -1.30. The standard InChI is InChI=1S/C17H33N3O3/c1-5-14-13(9-11-18-14)12-20-15(21)8-6-7-10-19-16(22)23-17(2,3)4/h13-14,18H,5-12H2,1-4H3,(H,19,22)(H,20,21). The lowest BCUT2D eigenvalue weighted by Gasteiger charge is -2.19. The maximum atomic E-state index is 11.8. The Morgan fingerprint density at radius 3 is 2.61 bits per heavy atom. The summed E-state index contributed by atoms with van der Waals surface area (Å²) in [6.07, 6.45) is 3.89. The molecule has 0 aliphatic carbocycles. The molecule has 1 aliphatic rings. The number of hydrogen-bond acceptors (Lipinski definition) is 4. The summed E-state index contributed by atoms with van der Waals surface area (Å²) in [6.45, 7) is 10.0. The molecule has 1 fully saturated rings. The molecule has 1 heterocycles. The van der Waals surface area contributed by atoms with Gasteiger partial charge < -0.3 is 20.7 Å². The summed E-state index contributed by atoms with van der Waals surface area (Å²) in [5.41, 5.74) is -0.477. The SMILES string of the molecule is CCC1NCCC1CNC(=O)CCCCNC(=O)OC(C)(C)C. The van der Waals surface area contributed by atoms with Crippen molar-refractivity contribution in [1.29, 1.82) is 0 Å². The molecule has 6 nitrogen and oxygen atoms in total. The highest BCUT2D eigenvalue weighted by molar-refractivity contribution is 5.75. The summed E-state index contributed by atoms with van der Waals surface area (Å²) in [6, 6.07) is 0.535. The number of amides is 2. The van der Waals surface area contributed by atoms with Crippen LogP contribution in [0.3, 0.4) is 0 Å². The molecule has 0 aromatic carbocycles. The topological polar surface area (TPSA) is 79.5 Å². The number of carbonyl (C=O) groups excluding carboxylic acids is 2. The van der Waals surface area contributed by atoms with Gasteiger partial charge in [-0.2, -0.15) is 0 Å². The van der Waals surface area contributed by atoms with Crippen molar-refractivity contribution in [3.05, 3.63) is 0 Å². The van der Waals surface area contributed by atoms with Crippen LogP contribution in [0.2, 0.25) is 0 Å². The van der Waals surface area contributed by atoms with Crippen molar-refractivity contribution in [3.63, 3.8) is 0 Å². The molecule has 0 aromatic rings. The number of nitrogens with one attached hydrogen (secondary N) is 3. The quantitative estimate of drug-likeness (QED) is 0.597. The molecular formula is C17H33N3O3. The van der Waals surface area contributed by atoms with Gasteiger partial charge in [-0.05, 0) is 58.9 Å². The van der Waals surface area contributed by atoms with Gasteiger partial charge in [-0.1, -0.05) is 6.92 Å². The zero-order valence-electron chi connectivity index (χ0n) is 15.0. The van der Waals surface area contributed by atoms with E-state index in [1.54, 1.807) is 0 Å². The summed E-state index contributed by atoms with van der Waals surface area (Å²) in [5, 5.41) is 9.19. The molecule has 0 aromatic heterocycles. The maximum Gasteiger partial charge on any atom is 0.407 e. The fourth-order valence-corrected chi connectivity index (χ4v) is 2.79. The van der Waals surface area contributed by atoms with E-state index in [-0.39, 0.29) is 5.91 Å². The first kappa shape index (κ1) is 19.7. The monoisotopic (exact) mass is 327 g/mol. The maximum absolute atomic E-state index is 11.8. The van der Waals surface area contributed by atoms with Crippen LogP contribution in [0.15, 0.2) is 0 Å². The number of rotatable bonds is 8. The molecule has 6 heteroatoms. The van der Waals surface area contributed by atoms with Crippen molar-refractivity contribution in [1.82, 2.24) is 16.0 Å². The lowest BCUT2D eigenvalue weighted by atomic mass is 9.99. The lowest BCUT2D eigenvalue weighted by molar-refractivity contribution is -0.121. The van der Waals surface area contributed by atoms with Gasteiger partial charge in [-0.3, -0.25) is 4.79 Å². The molecule has 134 valence electrons. The van der Waals surface area contributed by atoms with Gasteiger partial charge in [-0.25, -0.2) is 4.79 Å². The van der Waals surface area contributed by atoms with Crippen LogP contribution in [-0.4, -0.2) is 43.3 Å². The van der Waals surface area contributed by atoms with Gasteiger partial charge in [0, 0.05) is 25.6 Å². The Labute approximate surface area is 140 Å². The van der Waals surface area contributed by atoms with Crippen molar-refractivity contribution in [3.8, 4) is 0 Å². The zero-order valence-corrected chi connectivity index (χ0v) is 15.0. The fourth-order valence-electron chi connectivity index (χ4n) is 2.79. The predicted molar refractivity (Wildman–Crippen MR) is 91.3 cm³/mol. The van der Waals surface area contributed by atoms with E-state index in [4.69, 9.17) is 4.74 Å². The summed E-state index contributed by atoms with van der Waals surface area (Å²) < 4.78 is 5.15. The van der Waals surface area contributed by atoms with E-state index >= 15 is 0 Å². The Morgan fingerprint density at radius 1 is 1.22 bits per heavy atom. The van der Waals surface area contributed by atoms with Crippen molar-refractivity contribution in [2.75, 3.05) is 19.6 Å². The highest BCUT2D eigenvalue weighted by Crippen LogP contribution is 2.17. The predicted octanol–water partition coefficient (Wildman–Crippen LogP) is 2.19. The van der Waals surface area contributed by atoms with Gasteiger partial charge in [-0.15, -0.1) is 0 Å². The van der Waals surface area contributed by atoms with E-state index in [1.807, 2.05) is 20.8 Å². The van der Waals surface area contributed by atoms with Crippen LogP contribution in [0.4, 0.5) is 4.79 Å². The van der Waals surface area contributed by atoms with Crippen molar-refractivity contribution < 1.29 is 14.3 Å². The first-order chi connectivity index (χ1) is 10.8. The van der Waals surface area contributed by atoms with Gasteiger partial charge >= 0.3 is 6.09 Å². The number of unbranched alkanes of at least 4 members (excludes halogenated alkanes) is 1. The van der Waals surface area contributed by atoms with Crippen LogP contribution in [0.1, 0.15) is 59.8 Å². The Balaban J connectivity index is 2.03. The molecule has 2 unspecified atom stereocenters. The average molecular weight is 327 g/mol. The van der Waals surface area contributed by atoms with Gasteiger partial charge in [0.25, 0.3) is 0 Å². The van der Waals surface area contributed by atoms with E-state index in [0.29, 0.717) is 24.9 Å². The highest BCUT2D eigenvalue weighted by Gasteiger charge is 2.25. The fraction of sp³-hybridized carbons (Fsp3) is 0.882. The van der Waals surface area contributed by atoms with Gasteiger partial charge in [0.2, 0.25) is 5.91 Å². The van der Waals surface area contributed by atoms with E-state index in [0.717, 1.165) is 38.8 Å². The largest absolute Gasteiger partial charge is 0.444 e. The summed E-state index contributed by atoms with van der Waals surface area (Å²) in [4.78, 5) is 23.3. The van der Waals surface area contributed by atoms with E-state index in [9.17, 15) is 9.59 Å². The first-order valence-electron chi connectivity index (χ1n) is 8.78. The molecule has 2 amide bonds. The third-order valence-electron chi connectivity index (χ3n) is 3.99. The van der Waals surface area contributed by atoms with Crippen LogP contribution < -0.4 is 16.0 Å². The van der Waals surface area contributed by atoms with E-state index in [2.05, 4.69) is 22.9 Å². The second kappa shape index (κ2) is 9.75. The molecule has 1 aliphatic heterocycles. The van der Waals surface area contributed by atoms with Crippen LogP contribution in [0.5, 0.6) is 0 Å². The molecule has 1 rings (SSSR count). The molecule has 1 saturated heterocycles. The Kier molecular flexibility index (Phi) is 8.37. The normalized spacial score (nSPS) is 21.0. The van der Waals surface area contributed by atoms with Crippen LogP contribution in [0.25, 0.3) is 0 Å². The van der Waals surface area contributed by atoms with Gasteiger partial charge in [0.15, 0.2) is 0 Å².